The lowest BCUT2D eigenvalue weighted by Crippen LogP contribution is -2.36. The summed E-state index contributed by atoms with van der Waals surface area (Å²) in [7, 11) is 0. The third-order valence-corrected chi connectivity index (χ3v) is 5.33. The number of carbonyl (C=O) groups is 1. The minimum absolute atomic E-state index is 0.0719. The van der Waals surface area contributed by atoms with E-state index in [1.165, 1.54) is 5.56 Å². The highest BCUT2D eigenvalue weighted by atomic mass is 16.5. The molecule has 0 spiro atoms. The van der Waals surface area contributed by atoms with E-state index in [1.54, 1.807) is 18.6 Å². The zero-order valence-electron chi connectivity index (χ0n) is 17.8. The van der Waals surface area contributed by atoms with Gasteiger partial charge in [-0.15, -0.1) is 0 Å². The van der Waals surface area contributed by atoms with Gasteiger partial charge >= 0.3 is 0 Å². The Morgan fingerprint density at radius 3 is 2.66 bits per heavy atom. The number of benzene rings is 1. The molecule has 2 aromatic heterocycles. The number of amides is 1. The van der Waals surface area contributed by atoms with Crippen molar-refractivity contribution >= 4 is 23.1 Å². The van der Waals surface area contributed by atoms with E-state index in [-0.39, 0.29) is 11.5 Å². The van der Waals surface area contributed by atoms with Crippen molar-refractivity contribution in [1.29, 1.82) is 0 Å². The van der Waals surface area contributed by atoms with Crippen LogP contribution >= 0.6 is 0 Å². The van der Waals surface area contributed by atoms with Crippen LogP contribution in [0.5, 0.6) is 0 Å². The fraction of sp³-hybridized carbons (Fsp3) is 0.304. The second-order valence-corrected chi connectivity index (χ2v) is 7.52. The predicted octanol–water partition coefficient (Wildman–Crippen LogP) is 2.10. The number of aromatic nitrogens is 3. The van der Waals surface area contributed by atoms with E-state index in [0.29, 0.717) is 31.1 Å². The molecule has 9 nitrogen and oxygen atoms in total. The zero-order valence-corrected chi connectivity index (χ0v) is 17.8. The van der Waals surface area contributed by atoms with Crippen molar-refractivity contribution in [1.82, 2.24) is 15.0 Å². The highest BCUT2D eigenvalue weighted by Crippen LogP contribution is 2.26. The van der Waals surface area contributed by atoms with Gasteiger partial charge in [0.25, 0.3) is 5.91 Å². The largest absolute Gasteiger partial charge is 0.382 e. The molecule has 1 amide bonds. The molecular formula is C23H27N7O2. The second-order valence-electron chi connectivity index (χ2n) is 7.52. The monoisotopic (exact) mass is 433 g/mol. The number of hydrogen-bond donors (Lipinski definition) is 3. The van der Waals surface area contributed by atoms with E-state index in [2.05, 4.69) is 25.2 Å². The summed E-state index contributed by atoms with van der Waals surface area (Å²) in [6.07, 6.45) is 6.76. The summed E-state index contributed by atoms with van der Waals surface area (Å²) in [6.45, 7) is 3.42. The summed E-state index contributed by atoms with van der Waals surface area (Å²) in [4.78, 5) is 28.1. The number of nitrogen functional groups attached to an aromatic ring is 1. The van der Waals surface area contributed by atoms with Gasteiger partial charge in [0.15, 0.2) is 11.5 Å². The van der Waals surface area contributed by atoms with Crippen LogP contribution in [0.15, 0.2) is 48.9 Å². The molecule has 0 saturated carbocycles. The average Bonchev–Trinajstić information content (AvgIpc) is 2.84. The van der Waals surface area contributed by atoms with E-state index in [0.717, 1.165) is 37.2 Å². The fourth-order valence-electron chi connectivity index (χ4n) is 3.60. The molecule has 1 saturated heterocycles. The lowest BCUT2D eigenvalue weighted by Gasteiger charge is -2.30. The van der Waals surface area contributed by atoms with Gasteiger partial charge < -0.3 is 26.4 Å². The van der Waals surface area contributed by atoms with E-state index in [1.807, 2.05) is 30.3 Å². The van der Waals surface area contributed by atoms with Crippen LogP contribution in [0.25, 0.3) is 11.3 Å². The summed E-state index contributed by atoms with van der Waals surface area (Å²) in [5.41, 5.74) is 15.8. The molecule has 32 heavy (non-hydrogen) atoms. The molecule has 5 N–H and O–H groups in total. The molecule has 1 aliphatic heterocycles. The fourth-order valence-corrected chi connectivity index (χ4v) is 3.60. The zero-order chi connectivity index (χ0) is 22.3. The Hall–Kier alpha value is -3.56. The van der Waals surface area contributed by atoms with E-state index in [4.69, 9.17) is 16.2 Å². The standard InChI is InChI=1S/C23H27N7O2/c24-8-1-2-16-3-5-17(6-4-16)18-15-27-22(25)21(28-18)23(31)29-19-14-26-9-7-20(19)30-10-12-32-13-11-30/h3-7,9,14-15H,1-2,8,10-13,24H2,(H2,25,27)(H,29,31). The van der Waals surface area contributed by atoms with Crippen LogP contribution in [0, 0.1) is 0 Å². The van der Waals surface area contributed by atoms with Crippen molar-refractivity contribution in [3.8, 4) is 11.3 Å². The van der Waals surface area contributed by atoms with Crippen molar-refractivity contribution in [2.75, 3.05) is 48.8 Å². The van der Waals surface area contributed by atoms with Crippen LogP contribution in [0.3, 0.4) is 0 Å². The topological polar surface area (TPSA) is 132 Å². The molecule has 166 valence electrons. The highest BCUT2D eigenvalue weighted by Gasteiger charge is 2.19. The van der Waals surface area contributed by atoms with Gasteiger partial charge in [-0.2, -0.15) is 0 Å². The quantitative estimate of drug-likeness (QED) is 0.516. The SMILES string of the molecule is NCCCc1ccc(-c2cnc(N)c(C(=O)Nc3cnccc3N3CCOCC3)n2)cc1. The number of hydrogen-bond acceptors (Lipinski definition) is 8. The normalized spacial score (nSPS) is 13.7. The van der Waals surface area contributed by atoms with E-state index >= 15 is 0 Å². The van der Waals surface area contributed by atoms with Gasteiger partial charge in [-0.3, -0.25) is 9.78 Å². The second kappa shape index (κ2) is 10.2. The van der Waals surface area contributed by atoms with Gasteiger partial charge in [-0.05, 0) is 31.0 Å². The van der Waals surface area contributed by atoms with Crippen molar-refractivity contribution in [2.45, 2.75) is 12.8 Å². The molecule has 3 aromatic rings. The molecule has 1 aliphatic rings. The first kappa shape index (κ1) is 21.7. The van der Waals surface area contributed by atoms with Crippen molar-refractivity contribution < 1.29 is 9.53 Å². The molecule has 4 rings (SSSR count). The molecule has 0 bridgehead atoms. The Balaban J connectivity index is 1.55. The highest BCUT2D eigenvalue weighted by molar-refractivity contribution is 6.07. The maximum atomic E-state index is 13.0. The molecular weight excluding hydrogens is 406 g/mol. The Labute approximate surface area is 186 Å². The number of nitrogens with zero attached hydrogens (tertiary/aromatic N) is 4. The van der Waals surface area contributed by atoms with Gasteiger partial charge in [0.2, 0.25) is 0 Å². The average molecular weight is 434 g/mol. The molecule has 0 unspecified atom stereocenters. The first-order chi connectivity index (χ1) is 15.7. The molecule has 0 aliphatic carbocycles. The first-order valence-corrected chi connectivity index (χ1v) is 10.7. The van der Waals surface area contributed by atoms with Gasteiger partial charge in [0.05, 0.1) is 42.7 Å². The summed E-state index contributed by atoms with van der Waals surface area (Å²) in [5, 5.41) is 2.90. The van der Waals surface area contributed by atoms with Crippen LogP contribution in [0.2, 0.25) is 0 Å². The molecule has 0 radical (unpaired) electrons. The third kappa shape index (κ3) is 5.01. The van der Waals surface area contributed by atoms with E-state index in [9.17, 15) is 4.79 Å². The maximum Gasteiger partial charge on any atom is 0.278 e. The van der Waals surface area contributed by atoms with Gasteiger partial charge in [0.1, 0.15) is 0 Å². The number of ether oxygens (including phenoxy) is 1. The number of rotatable bonds is 7. The number of carbonyl (C=O) groups excluding carboxylic acids is 1. The summed E-state index contributed by atoms with van der Waals surface area (Å²) in [5.74, 6) is -0.360. The number of nitrogens with two attached hydrogens (primary N) is 2. The Kier molecular flexibility index (Phi) is 6.88. The maximum absolute atomic E-state index is 13.0. The van der Waals surface area contributed by atoms with Crippen LogP contribution in [0.1, 0.15) is 22.5 Å². The Morgan fingerprint density at radius 2 is 1.91 bits per heavy atom. The van der Waals surface area contributed by atoms with E-state index < -0.39 is 5.91 Å². The molecule has 0 atom stereocenters. The Morgan fingerprint density at radius 1 is 1.12 bits per heavy atom. The number of morpholine rings is 1. The minimum atomic E-state index is -0.432. The first-order valence-electron chi connectivity index (χ1n) is 10.7. The third-order valence-electron chi connectivity index (χ3n) is 5.33. The number of aryl methyl sites for hydroxylation is 1. The van der Waals surface area contributed by atoms with Crippen LogP contribution in [0.4, 0.5) is 17.2 Å². The van der Waals surface area contributed by atoms with Gasteiger partial charge in [-0.25, -0.2) is 9.97 Å². The lowest BCUT2D eigenvalue weighted by molar-refractivity contribution is 0.102. The molecule has 1 aromatic carbocycles. The van der Waals surface area contributed by atoms with Crippen molar-refractivity contribution in [3.63, 3.8) is 0 Å². The van der Waals surface area contributed by atoms with Crippen LogP contribution < -0.4 is 21.7 Å². The number of nitrogens with one attached hydrogen (secondary N) is 1. The van der Waals surface area contributed by atoms with Gasteiger partial charge in [0, 0.05) is 24.8 Å². The smallest absolute Gasteiger partial charge is 0.278 e. The molecule has 3 heterocycles. The lowest BCUT2D eigenvalue weighted by atomic mass is 10.1. The van der Waals surface area contributed by atoms with Crippen molar-refractivity contribution in [3.05, 3.63) is 60.2 Å². The number of anilines is 3. The van der Waals surface area contributed by atoms with Gasteiger partial charge in [-0.1, -0.05) is 24.3 Å². The van der Waals surface area contributed by atoms with Crippen LogP contribution in [-0.4, -0.2) is 53.7 Å². The van der Waals surface area contributed by atoms with Crippen molar-refractivity contribution in [2.24, 2.45) is 5.73 Å². The predicted molar refractivity (Wildman–Crippen MR) is 124 cm³/mol. The summed E-state index contributed by atoms with van der Waals surface area (Å²) >= 11 is 0. The Bertz CT molecular complexity index is 1070. The summed E-state index contributed by atoms with van der Waals surface area (Å²) < 4.78 is 5.42. The molecule has 1 fully saturated rings. The number of pyridine rings is 1. The summed E-state index contributed by atoms with van der Waals surface area (Å²) in [6, 6.07) is 9.87. The molecule has 9 heteroatoms. The minimum Gasteiger partial charge on any atom is -0.382 e. The van der Waals surface area contributed by atoms with Crippen LogP contribution in [-0.2, 0) is 11.2 Å².